The zero-order valence-corrected chi connectivity index (χ0v) is 13.5. The second-order valence-corrected chi connectivity index (χ2v) is 5.44. The van der Waals surface area contributed by atoms with E-state index in [1.165, 1.54) is 0 Å². The first-order valence-corrected chi connectivity index (χ1v) is 7.63. The predicted octanol–water partition coefficient (Wildman–Crippen LogP) is 1.46. The highest BCUT2D eigenvalue weighted by Gasteiger charge is 2.20. The molecular formula is C13H20BrN3O3. The van der Waals surface area contributed by atoms with E-state index < -0.39 is 0 Å². The maximum atomic E-state index is 11.8. The number of ether oxygens (including phenoxy) is 2. The molecule has 1 aromatic rings. The van der Waals surface area contributed by atoms with Gasteiger partial charge >= 0.3 is 5.97 Å². The Balaban J connectivity index is 2.00. The summed E-state index contributed by atoms with van der Waals surface area (Å²) in [5.74, 6) is -0.382. The van der Waals surface area contributed by atoms with Crippen molar-refractivity contribution in [3.63, 3.8) is 0 Å². The van der Waals surface area contributed by atoms with E-state index in [0.29, 0.717) is 12.3 Å². The summed E-state index contributed by atoms with van der Waals surface area (Å²) in [5, 5.41) is 4.35. The standard InChI is InChI=1S/C13H20BrN3O3/c1-3-20-13(18)12-11(14)10(2)17(15-12)5-4-16-6-8-19-9-7-16/h3-9H2,1-2H3. The Labute approximate surface area is 127 Å². The zero-order chi connectivity index (χ0) is 14.5. The molecule has 6 nitrogen and oxygen atoms in total. The van der Waals surface area contributed by atoms with Crippen molar-refractivity contribution in [3.05, 3.63) is 15.9 Å². The van der Waals surface area contributed by atoms with Gasteiger partial charge in [-0.2, -0.15) is 5.10 Å². The maximum Gasteiger partial charge on any atom is 0.360 e. The van der Waals surface area contributed by atoms with Crippen LogP contribution in [0.25, 0.3) is 0 Å². The molecule has 0 bridgehead atoms. The van der Waals surface area contributed by atoms with Crippen LogP contribution in [0.1, 0.15) is 23.1 Å². The Morgan fingerprint density at radius 2 is 2.10 bits per heavy atom. The number of rotatable bonds is 5. The third kappa shape index (κ3) is 3.59. The van der Waals surface area contributed by atoms with E-state index in [0.717, 1.165) is 49.6 Å². The smallest absolute Gasteiger partial charge is 0.360 e. The molecule has 112 valence electrons. The SMILES string of the molecule is CCOC(=O)c1nn(CCN2CCOCC2)c(C)c1Br. The number of nitrogens with zero attached hydrogens (tertiary/aromatic N) is 3. The zero-order valence-electron chi connectivity index (χ0n) is 11.9. The topological polar surface area (TPSA) is 56.6 Å². The molecule has 7 heteroatoms. The summed E-state index contributed by atoms with van der Waals surface area (Å²) >= 11 is 3.42. The average Bonchev–Trinajstić information content (AvgIpc) is 2.74. The normalized spacial score (nSPS) is 16.4. The van der Waals surface area contributed by atoms with Crippen LogP contribution in [0.15, 0.2) is 4.47 Å². The number of esters is 1. The van der Waals surface area contributed by atoms with Gasteiger partial charge in [0.2, 0.25) is 0 Å². The molecule has 0 atom stereocenters. The first-order chi connectivity index (χ1) is 9.63. The highest BCUT2D eigenvalue weighted by Crippen LogP contribution is 2.21. The molecule has 1 aliphatic heterocycles. The van der Waals surface area contributed by atoms with Crippen molar-refractivity contribution in [2.24, 2.45) is 0 Å². The number of hydrogen-bond donors (Lipinski definition) is 0. The summed E-state index contributed by atoms with van der Waals surface area (Å²) in [5.41, 5.74) is 1.30. The van der Waals surface area contributed by atoms with Crippen LogP contribution in [-0.2, 0) is 16.0 Å². The molecule has 0 N–H and O–H groups in total. The van der Waals surface area contributed by atoms with E-state index in [2.05, 4.69) is 25.9 Å². The van der Waals surface area contributed by atoms with Gasteiger partial charge in [-0.25, -0.2) is 4.79 Å². The molecule has 0 saturated carbocycles. The molecule has 2 heterocycles. The third-order valence-corrected chi connectivity index (χ3v) is 4.28. The van der Waals surface area contributed by atoms with Crippen molar-refractivity contribution in [1.29, 1.82) is 0 Å². The maximum absolute atomic E-state index is 11.8. The number of hydrogen-bond acceptors (Lipinski definition) is 5. The monoisotopic (exact) mass is 345 g/mol. The van der Waals surface area contributed by atoms with Gasteiger partial charge in [-0.15, -0.1) is 0 Å². The molecular weight excluding hydrogens is 326 g/mol. The Hall–Kier alpha value is -0.920. The summed E-state index contributed by atoms with van der Waals surface area (Å²) in [6.07, 6.45) is 0. The Kier molecular flexibility index (Phi) is 5.56. The number of morpholine rings is 1. The quantitative estimate of drug-likeness (QED) is 0.756. The van der Waals surface area contributed by atoms with Gasteiger partial charge in [-0.1, -0.05) is 0 Å². The fraction of sp³-hybridized carbons (Fsp3) is 0.692. The summed E-state index contributed by atoms with van der Waals surface area (Å²) in [7, 11) is 0. The minimum Gasteiger partial charge on any atom is -0.461 e. The molecule has 20 heavy (non-hydrogen) atoms. The Morgan fingerprint density at radius 1 is 1.40 bits per heavy atom. The fourth-order valence-electron chi connectivity index (χ4n) is 2.13. The molecule has 0 aromatic carbocycles. The minimum atomic E-state index is -0.382. The van der Waals surface area contributed by atoms with Crippen LogP contribution in [0.5, 0.6) is 0 Å². The minimum absolute atomic E-state index is 0.352. The molecule has 2 rings (SSSR count). The van der Waals surface area contributed by atoms with Gasteiger partial charge in [0, 0.05) is 19.6 Å². The Bertz CT molecular complexity index is 470. The molecule has 1 aromatic heterocycles. The molecule has 1 aliphatic rings. The van der Waals surface area contributed by atoms with Crippen LogP contribution in [0.3, 0.4) is 0 Å². The van der Waals surface area contributed by atoms with Crippen molar-refractivity contribution in [3.8, 4) is 0 Å². The van der Waals surface area contributed by atoms with E-state index in [1.807, 2.05) is 11.6 Å². The molecule has 1 fully saturated rings. The van der Waals surface area contributed by atoms with Crippen LogP contribution in [0.2, 0.25) is 0 Å². The van der Waals surface area contributed by atoms with Gasteiger partial charge < -0.3 is 9.47 Å². The van der Waals surface area contributed by atoms with E-state index in [4.69, 9.17) is 9.47 Å². The van der Waals surface area contributed by atoms with Crippen LogP contribution in [-0.4, -0.2) is 60.1 Å². The van der Waals surface area contributed by atoms with Gasteiger partial charge in [-0.05, 0) is 29.8 Å². The van der Waals surface area contributed by atoms with Crippen molar-refractivity contribution in [1.82, 2.24) is 14.7 Å². The van der Waals surface area contributed by atoms with E-state index >= 15 is 0 Å². The van der Waals surface area contributed by atoms with Crippen molar-refractivity contribution >= 4 is 21.9 Å². The first kappa shape index (κ1) is 15.5. The van der Waals surface area contributed by atoms with Crippen molar-refractivity contribution < 1.29 is 14.3 Å². The van der Waals surface area contributed by atoms with Gasteiger partial charge in [0.1, 0.15) is 0 Å². The molecule has 0 unspecified atom stereocenters. The molecule has 0 aliphatic carbocycles. The number of carbonyl (C=O) groups excluding carboxylic acids is 1. The lowest BCUT2D eigenvalue weighted by atomic mass is 10.3. The lowest BCUT2D eigenvalue weighted by molar-refractivity contribution is 0.0358. The van der Waals surface area contributed by atoms with Gasteiger partial charge in [0.15, 0.2) is 5.69 Å². The fourth-order valence-corrected chi connectivity index (χ4v) is 2.58. The first-order valence-electron chi connectivity index (χ1n) is 6.83. The lowest BCUT2D eigenvalue weighted by Crippen LogP contribution is -2.38. The molecule has 0 radical (unpaired) electrons. The van der Waals surface area contributed by atoms with Crippen molar-refractivity contribution in [2.45, 2.75) is 20.4 Å². The summed E-state index contributed by atoms with van der Waals surface area (Å²) < 4.78 is 12.9. The van der Waals surface area contributed by atoms with Crippen LogP contribution in [0, 0.1) is 6.92 Å². The summed E-state index contributed by atoms with van der Waals surface area (Å²) in [4.78, 5) is 14.1. The van der Waals surface area contributed by atoms with E-state index in [1.54, 1.807) is 6.92 Å². The third-order valence-electron chi connectivity index (χ3n) is 3.33. The summed E-state index contributed by atoms with van der Waals surface area (Å²) in [6.45, 7) is 9.22. The Morgan fingerprint density at radius 3 is 2.75 bits per heavy atom. The van der Waals surface area contributed by atoms with Gasteiger partial charge in [-0.3, -0.25) is 9.58 Å². The number of aromatic nitrogens is 2. The number of carbonyl (C=O) groups is 1. The van der Waals surface area contributed by atoms with Gasteiger partial charge in [0.25, 0.3) is 0 Å². The van der Waals surface area contributed by atoms with E-state index in [-0.39, 0.29) is 5.97 Å². The van der Waals surface area contributed by atoms with Crippen LogP contribution >= 0.6 is 15.9 Å². The largest absolute Gasteiger partial charge is 0.461 e. The van der Waals surface area contributed by atoms with Crippen molar-refractivity contribution in [2.75, 3.05) is 39.5 Å². The van der Waals surface area contributed by atoms with Crippen LogP contribution in [0.4, 0.5) is 0 Å². The second kappa shape index (κ2) is 7.19. The number of halogens is 1. The predicted molar refractivity (Wildman–Crippen MR) is 77.9 cm³/mol. The average molecular weight is 346 g/mol. The lowest BCUT2D eigenvalue weighted by Gasteiger charge is -2.26. The summed E-state index contributed by atoms with van der Waals surface area (Å²) in [6, 6.07) is 0. The van der Waals surface area contributed by atoms with E-state index in [9.17, 15) is 4.79 Å². The highest BCUT2D eigenvalue weighted by molar-refractivity contribution is 9.10. The highest BCUT2D eigenvalue weighted by atomic mass is 79.9. The van der Waals surface area contributed by atoms with Gasteiger partial charge in [0.05, 0.1) is 36.5 Å². The molecule has 1 saturated heterocycles. The second-order valence-electron chi connectivity index (χ2n) is 4.65. The molecule has 0 spiro atoms. The van der Waals surface area contributed by atoms with Crippen LogP contribution < -0.4 is 0 Å². The molecule has 0 amide bonds.